The lowest BCUT2D eigenvalue weighted by Crippen LogP contribution is -2.36. The highest BCUT2D eigenvalue weighted by molar-refractivity contribution is 7.89. The molecule has 0 saturated heterocycles. The maximum Gasteiger partial charge on any atom is 0.240 e. The van der Waals surface area contributed by atoms with Gasteiger partial charge in [0.25, 0.3) is 0 Å². The second-order valence-electron chi connectivity index (χ2n) is 8.12. The Labute approximate surface area is 194 Å². The largest absolute Gasteiger partial charge is 0.352 e. The van der Waals surface area contributed by atoms with E-state index in [9.17, 15) is 18.0 Å². The number of carbonyl (C=O) groups excluding carboxylic acids is 2. The molecule has 9 heteroatoms. The maximum atomic E-state index is 12.6. The predicted octanol–water partition coefficient (Wildman–Crippen LogP) is 3.70. The summed E-state index contributed by atoms with van der Waals surface area (Å²) >= 11 is 5.88. The van der Waals surface area contributed by atoms with E-state index in [4.69, 9.17) is 11.6 Å². The zero-order chi connectivity index (χ0) is 23.1. The van der Waals surface area contributed by atoms with Crippen LogP contribution in [0.2, 0.25) is 5.02 Å². The van der Waals surface area contributed by atoms with Crippen LogP contribution in [0.25, 0.3) is 0 Å². The minimum absolute atomic E-state index is 0.0400. The van der Waals surface area contributed by atoms with Gasteiger partial charge in [-0.05, 0) is 73.6 Å². The van der Waals surface area contributed by atoms with Crippen molar-refractivity contribution >= 4 is 39.1 Å². The molecule has 1 aliphatic carbocycles. The molecule has 0 bridgehead atoms. The second-order valence-corrected chi connectivity index (χ2v) is 10.3. The molecule has 1 fully saturated rings. The van der Waals surface area contributed by atoms with Crippen LogP contribution in [-0.4, -0.2) is 26.8 Å². The van der Waals surface area contributed by atoms with Gasteiger partial charge in [0.05, 0.1) is 4.90 Å². The summed E-state index contributed by atoms with van der Waals surface area (Å²) < 4.78 is 27.8. The summed E-state index contributed by atoms with van der Waals surface area (Å²) in [5, 5.41) is 6.25. The summed E-state index contributed by atoms with van der Waals surface area (Å²) in [6.45, 7) is 2.20. The molecule has 1 saturated carbocycles. The molecular weight excluding hydrogens is 450 g/mol. The predicted molar refractivity (Wildman–Crippen MR) is 125 cm³/mol. The first-order chi connectivity index (χ1) is 15.2. The summed E-state index contributed by atoms with van der Waals surface area (Å²) in [4.78, 5) is 23.7. The molecule has 1 aliphatic rings. The minimum atomic E-state index is -3.63. The fourth-order valence-corrected chi connectivity index (χ4v) is 5.04. The third kappa shape index (κ3) is 7.05. The van der Waals surface area contributed by atoms with E-state index < -0.39 is 10.0 Å². The van der Waals surface area contributed by atoms with Gasteiger partial charge in [0, 0.05) is 36.6 Å². The summed E-state index contributed by atoms with van der Waals surface area (Å²) in [5.74, 6) is -0.0218. The summed E-state index contributed by atoms with van der Waals surface area (Å²) in [6.07, 6.45) is 3.07. The van der Waals surface area contributed by atoms with Gasteiger partial charge in [-0.2, -0.15) is 0 Å². The molecule has 3 rings (SSSR count). The number of rotatable bonds is 8. The molecule has 0 atom stereocenters. The molecule has 0 radical (unpaired) electrons. The molecule has 172 valence electrons. The van der Waals surface area contributed by atoms with Crippen molar-refractivity contribution < 1.29 is 18.0 Å². The van der Waals surface area contributed by atoms with E-state index in [1.54, 1.807) is 24.3 Å². The highest BCUT2D eigenvalue weighted by atomic mass is 35.5. The van der Waals surface area contributed by atoms with Crippen molar-refractivity contribution in [2.45, 2.75) is 44.0 Å². The van der Waals surface area contributed by atoms with Crippen LogP contribution in [0.5, 0.6) is 0 Å². The molecule has 0 unspecified atom stereocenters. The van der Waals surface area contributed by atoms with E-state index in [1.807, 2.05) is 12.1 Å². The van der Waals surface area contributed by atoms with Crippen LogP contribution in [-0.2, 0) is 26.2 Å². The summed E-state index contributed by atoms with van der Waals surface area (Å²) in [7, 11) is -3.63. The molecule has 3 N–H and O–H groups in total. The smallest absolute Gasteiger partial charge is 0.240 e. The van der Waals surface area contributed by atoms with Crippen LogP contribution in [0.3, 0.4) is 0 Å². The summed E-state index contributed by atoms with van der Waals surface area (Å²) in [5.41, 5.74) is 1.54. The molecule has 7 nitrogen and oxygen atoms in total. The maximum absolute atomic E-state index is 12.6. The number of benzene rings is 2. The molecule has 0 aliphatic heterocycles. The van der Waals surface area contributed by atoms with Crippen LogP contribution < -0.4 is 15.4 Å². The standard InChI is InChI=1S/C23H28ClN3O4S/c1-16(28)27-21-10-12-22(13-11-21)32(30,31)26-15-18-2-6-19(7-3-18)23(29)25-14-17-4-8-20(24)9-5-17/h4-5,8-13,18-19,26H,2-3,6-7,14-15H2,1H3,(H,25,29)(H,27,28). The molecule has 0 heterocycles. The average Bonchev–Trinajstić information content (AvgIpc) is 2.77. The third-order valence-corrected chi connectivity index (χ3v) is 7.34. The van der Waals surface area contributed by atoms with Gasteiger partial charge in [0.2, 0.25) is 21.8 Å². The molecule has 2 amide bonds. The van der Waals surface area contributed by atoms with E-state index in [-0.39, 0.29) is 28.5 Å². The Kier molecular flexibility index (Phi) is 8.28. The van der Waals surface area contributed by atoms with Crippen LogP contribution >= 0.6 is 11.6 Å². The highest BCUT2D eigenvalue weighted by Gasteiger charge is 2.27. The topological polar surface area (TPSA) is 104 Å². The van der Waals surface area contributed by atoms with Gasteiger partial charge in [0.15, 0.2) is 0 Å². The number of hydrogen-bond acceptors (Lipinski definition) is 4. The lowest BCUT2D eigenvalue weighted by atomic mass is 9.81. The van der Waals surface area contributed by atoms with E-state index in [0.717, 1.165) is 31.2 Å². The fraction of sp³-hybridized carbons (Fsp3) is 0.391. The van der Waals surface area contributed by atoms with E-state index >= 15 is 0 Å². The van der Waals surface area contributed by atoms with Crippen molar-refractivity contribution in [3.8, 4) is 0 Å². The van der Waals surface area contributed by atoms with E-state index in [2.05, 4.69) is 15.4 Å². The van der Waals surface area contributed by atoms with Gasteiger partial charge in [-0.1, -0.05) is 23.7 Å². The zero-order valence-electron chi connectivity index (χ0n) is 17.9. The minimum Gasteiger partial charge on any atom is -0.352 e. The van der Waals surface area contributed by atoms with Crippen molar-refractivity contribution in [2.75, 3.05) is 11.9 Å². The Morgan fingerprint density at radius 2 is 1.59 bits per heavy atom. The Morgan fingerprint density at radius 3 is 2.19 bits per heavy atom. The van der Waals surface area contributed by atoms with Crippen LogP contribution in [0.15, 0.2) is 53.4 Å². The monoisotopic (exact) mass is 477 g/mol. The van der Waals surface area contributed by atoms with Crippen molar-refractivity contribution in [1.82, 2.24) is 10.0 Å². The van der Waals surface area contributed by atoms with E-state index in [0.29, 0.717) is 23.8 Å². The molecule has 32 heavy (non-hydrogen) atoms. The van der Waals surface area contributed by atoms with Gasteiger partial charge in [-0.15, -0.1) is 0 Å². The first-order valence-electron chi connectivity index (χ1n) is 10.6. The Morgan fingerprint density at radius 1 is 0.969 bits per heavy atom. The van der Waals surface area contributed by atoms with Crippen LogP contribution in [0.4, 0.5) is 5.69 Å². The number of anilines is 1. The van der Waals surface area contributed by atoms with Gasteiger partial charge >= 0.3 is 0 Å². The third-order valence-electron chi connectivity index (χ3n) is 5.64. The zero-order valence-corrected chi connectivity index (χ0v) is 19.5. The number of halogens is 1. The first kappa shape index (κ1) is 24.2. The molecular formula is C23H28ClN3O4S. The van der Waals surface area contributed by atoms with E-state index in [1.165, 1.54) is 19.1 Å². The molecule has 0 spiro atoms. The molecule has 2 aromatic carbocycles. The number of amides is 2. The Bertz CT molecular complexity index is 1030. The number of hydrogen-bond donors (Lipinski definition) is 3. The van der Waals surface area contributed by atoms with Crippen LogP contribution in [0, 0.1) is 11.8 Å². The Balaban J connectivity index is 1.42. The highest BCUT2D eigenvalue weighted by Crippen LogP contribution is 2.29. The molecule has 2 aromatic rings. The average molecular weight is 478 g/mol. The Hall–Kier alpha value is -2.42. The van der Waals surface area contributed by atoms with Gasteiger partial charge in [-0.3, -0.25) is 9.59 Å². The van der Waals surface area contributed by atoms with Crippen molar-refractivity contribution in [3.63, 3.8) is 0 Å². The van der Waals surface area contributed by atoms with Gasteiger partial charge in [0.1, 0.15) is 0 Å². The van der Waals surface area contributed by atoms with Crippen LogP contribution in [0.1, 0.15) is 38.2 Å². The van der Waals surface area contributed by atoms with Gasteiger partial charge in [-0.25, -0.2) is 13.1 Å². The van der Waals surface area contributed by atoms with Crippen molar-refractivity contribution in [1.29, 1.82) is 0 Å². The van der Waals surface area contributed by atoms with Crippen molar-refractivity contribution in [2.24, 2.45) is 11.8 Å². The number of nitrogens with one attached hydrogen (secondary N) is 3. The lowest BCUT2D eigenvalue weighted by Gasteiger charge is -2.28. The summed E-state index contributed by atoms with van der Waals surface area (Å²) in [6, 6.07) is 13.4. The normalized spacial score (nSPS) is 18.7. The first-order valence-corrected chi connectivity index (χ1v) is 12.5. The second kappa shape index (κ2) is 10.9. The number of carbonyl (C=O) groups is 2. The SMILES string of the molecule is CC(=O)Nc1ccc(S(=O)(=O)NCC2CCC(C(=O)NCc3ccc(Cl)cc3)CC2)cc1. The van der Waals surface area contributed by atoms with Gasteiger partial charge < -0.3 is 10.6 Å². The molecule has 0 aromatic heterocycles. The van der Waals surface area contributed by atoms with Crippen molar-refractivity contribution in [3.05, 3.63) is 59.1 Å². The lowest BCUT2D eigenvalue weighted by molar-refractivity contribution is -0.126. The fourth-order valence-electron chi connectivity index (χ4n) is 3.80. The number of sulfonamides is 1. The quantitative estimate of drug-likeness (QED) is 0.539.